The second kappa shape index (κ2) is 10.4. The van der Waals surface area contributed by atoms with Gasteiger partial charge in [0.15, 0.2) is 23.0 Å². The van der Waals surface area contributed by atoms with Crippen LogP contribution in [0.4, 0.5) is 0 Å². The maximum absolute atomic E-state index is 6.23. The van der Waals surface area contributed by atoms with Crippen LogP contribution in [0.15, 0.2) is 36.4 Å². The van der Waals surface area contributed by atoms with Gasteiger partial charge < -0.3 is 23.7 Å². The maximum Gasteiger partial charge on any atom is 0.203 e. The summed E-state index contributed by atoms with van der Waals surface area (Å²) in [6.45, 7) is 3.98. The minimum absolute atomic E-state index is 0.420. The second-order valence-electron chi connectivity index (χ2n) is 7.08. The number of methoxy groups -OCH3 is 4. The molecule has 0 aliphatic carbocycles. The van der Waals surface area contributed by atoms with Crippen molar-refractivity contribution in [3.63, 3.8) is 0 Å². The lowest BCUT2D eigenvalue weighted by molar-refractivity contribution is 0.163. The Bertz CT molecular complexity index is 898. The van der Waals surface area contributed by atoms with E-state index in [1.165, 1.54) is 0 Å². The van der Waals surface area contributed by atoms with E-state index in [9.17, 15) is 0 Å². The summed E-state index contributed by atoms with van der Waals surface area (Å²) < 4.78 is 28.2. The molecule has 0 spiro atoms. The minimum atomic E-state index is -0.420. The molecule has 31 heavy (non-hydrogen) atoms. The molecule has 0 aromatic heterocycles. The van der Waals surface area contributed by atoms with Gasteiger partial charge in [-0.1, -0.05) is 24.4 Å². The van der Waals surface area contributed by atoms with Gasteiger partial charge in [-0.25, -0.2) is 0 Å². The fourth-order valence-corrected chi connectivity index (χ4v) is 5.42. The molecule has 2 aromatic rings. The molecule has 1 unspecified atom stereocenters. The van der Waals surface area contributed by atoms with Crippen molar-refractivity contribution in [2.24, 2.45) is 0 Å². The van der Waals surface area contributed by atoms with E-state index in [0.717, 1.165) is 22.7 Å². The van der Waals surface area contributed by atoms with E-state index in [4.69, 9.17) is 35.9 Å². The Morgan fingerprint density at radius 2 is 1.58 bits per heavy atom. The molecule has 1 saturated heterocycles. The van der Waals surface area contributed by atoms with Crippen molar-refractivity contribution in [3.8, 4) is 28.7 Å². The minimum Gasteiger partial charge on any atom is -0.493 e. The molecule has 168 valence electrons. The molecule has 2 aromatic carbocycles. The Morgan fingerprint density at radius 3 is 2.13 bits per heavy atom. The molecule has 3 rings (SSSR count). The van der Waals surface area contributed by atoms with E-state index in [0.29, 0.717) is 41.9 Å². The van der Waals surface area contributed by atoms with Gasteiger partial charge in [-0.2, -0.15) is 0 Å². The molecule has 1 aliphatic rings. The zero-order chi connectivity index (χ0) is 22.4. The molecule has 0 amide bonds. The number of ether oxygens (including phenoxy) is 5. The molecule has 0 radical (unpaired) electrons. The van der Waals surface area contributed by atoms with E-state index >= 15 is 0 Å². The molecule has 1 heterocycles. The number of para-hydroxylation sites is 2. The van der Waals surface area contributed by atoms with E-state index in [2.05, 4.69) is 4.90 Å². The van der Waals surface area contributed by atoms with Gasteiger partial charge in [-0.05, 0) is 36.8 Å². The Labute approximate surface area is 193 Å². The third kappa shape index (κ3) is 4.86. The van der Waals surface area contributed by atoms with E-state index in [1.54, 1.807) is 28.4 Å². The van der Waals surface area contributed by atoms with Crippen LogP contribution in [0.3, 0.4) is 0 Å². The van der Waals surface area contributed by atoms with Crippen LogP contribution in [0, 0.1) is 0 Å². The first-order chi connectivity index (χ1) is 15.0. The lowest BCUT2D eigenvalue weighted by Crippen LogP contribution is -2.50. The third-order valence-electron chi connectivity index (χ3n) is 5.35. The molecule has 0 bridgehead atoms. The molecular formula is C23H29NO5S2. The van der Waals surface area contributed by atoms with Crippen LogP contribution in [-0.4, -0.2) is 62.0 Å². The lowest BCUT2D eigenvalue weighted by Gasteiger charge is -2.37. The van der Waals surface area contributed by atoms with E-state index in [-0.39, 0.29) is 0 Å². The topological polar surface area (TPSA) is 49.4 Å². The van der Waals surface area contributed by atoms with Gasteiger partial charge in [0.2, 0.25) is 5.75 Å². The highest BCUT2D eigenvalue weighted by molar-refractivity contribution is 8.02. The number of nitrogens with zero attached hydrogens (tertiary/aromatic N) is 1. The molecule has 6 nitrogen and oxygen atoms in total. The van der Waals surface area contributed by atoms with Gasteiger partial charge in [0.25, 0.3) is 0 Å². The van der Waals surface area contributed by atoms with Crippen molar-refractivity contribution in [3.05, 3.63) is 42.0 Å². The number of thioether (sulfide) groups is 1. The van der Waals surface area contributed by atoms with E-state index < -0.39 is 4.87 Å². The SMILES string of the molecule is COc1ccccc1OCC1(C(C)=S)SCCN1Cc1cc(OC)c(OC)c(OC)c1. The first kappa shape index (κ1) is 23.5. The van der Waals surface area contributed by atoms with Crippen molar-refractivity contribution in [1.82, 2.24) is 4.90 Å². The van der Waals surface area contributed by atoms with Gasteiger partial charge in [0, 0.05) is 23.7 Å². The van der Waals surface area contributed by atoms with Gasteiger partial charge >= 0.3 is 0 Å². The first-order valence-corrected chi connectivity index (χ1v) is 11.3. The summed E-state index contributed by atoms with van der Waals surface area (Å²) in [6, 6.07) is 11.6. The predicted octanol–water partition coefficient (Wildman–Crippen LogP) is 4.43. The predicted molar refractivity (Wildman–Crippen MR) is 128 cm³/mol. The molecule has 1 atom stereocenters. The molecule has 8 heteroatoms. The highest BCUT2D eigenvalue weighted by Crippen LogP contribution is 2.42. The Morgan fingerprint density at radius 1 is 0.968 bits per heavy atom. The average molecular weight is 464 g/mol. The van der Waals surface area contributed by atoms with Crippen LogP contribution in [0.1, 0.15) is 12.5 Å². The van der Waals surface area contributed by atoms with Crippen molar-refractivity contribution in [2.75, 3.05) is 47.3 Å². The fraction of sp³-hybridized carbons (Fsp3) is 0.435. The van der Waals surface area contributed by atoms with Gasteiger partial charge in [0.05, 0.1) is 28.4 Å². The van der Waals surface area contributed by atoms with Gasteiger partial charge in [0.1, 0.15) is 11.5 Å². The largest absolute Gasteiger partial charge is 0.493 e. The van der Waals surface area contributed by atoms with Crippen LogP contribution in [0.5, 0.6) is 28.7 Å². The van der Waals surface area contributed by atoms with Crippen molar-refractivity contribution in [1.29, 1.82) is 0 Å². The summed E-state index contributed by atoms with van der Waals surface area (Å²) in [6.07, 6.45) is 0. The van der Waals surface area contributed by atoms with Crippen LogP contribution in [0.2, 0.25) is 0 Å². The Hall–Kier alpha value is -2.16. The molecule has 1 fully saturated rings. The Kier molecular flexibility index (Phi) is 7.91. The van der Waals surface area contributed by atoms with Crippen LogP contribution in [0.25, 0.3) is 0 Å². The number of hydrogen-bond acceptors (Lipinski definition) is 8. The standard InChI is InChI=1S/C23H29NO5S2/c1-16(30)23(15-29-19-9-7-6-8-18(19)25-2)24(10-11-31-23)14-17-12-20(26-3)22(28-5)21(13-17)27-4/h6-9,12-13H,10-11,14-15H2,1-5H3. The van der Waals surface area contributed by atoms with Gasteiger partial charge in [-0.3, -0.25) is 4.90 Å². The number of benzene rings is 2. The van der Waals surface area contributed by atoms with Gasteiger partial charge in [-0.15, -0.1) is 11.8 Å². The van der Waals surface area contributed by atoms with Crippen LogP contribution < -0.4 is 23.7 Å². The fourth-order valence-electron chi connectivity index (χ4n) is 3.72. The quantitative estimate of drug-likeness (QED) is 0.480. The molecule has 1 aliphatic heterocycles. The number of thiocarbonyl (C=S) groups is 1. The molecule has 0 N–H and O–H groups in total. The molecule has 0 saturated carbocycles. The average Bonchev–Trinajstić information content (AvgIpc) is 3.20. The number of rotatable bonds is 10. The van der Waals surface area contributed by atoms with E-state index in [1.807, 2.05) is 55.1 Å². The summed E-state index contributed by atoms with van der Waals surface area (Å²) in [5, 5.41) is 0. The second-order valence-corrected chi connectivity index (χ2v) is 9.07. The summed E-state index contributed by atoms with van der Waals surface area (Å²) >= 11 is 7.55. The van der Waals surface area contributed by atoms with Crippen molar-refractivity contribution < 1.29 is 23.7 Å². The highest BCUT2D eigenvalue weighted by atomic mass is 32.2. The third-order valence-corrected chi connectivity index (χ3v) is 7.37. The summed E-state index contributed by atoms with van der Waals surface area (Å²) in [5.74, 6) is 4.24. The van der Waals surface area contributed by atoms with Crippen molar-refractivity contribution >= 4 is 28.8 Å². The first-order valence-electron chi connectivity index (χ1n) is 9.93. The zero-order valence-electron chi connectivity index (χ0n) is 18.6. The number of hydrogen-bond donors (Lipinski definition) is 0. The highest BCUT2D eigenvalue weighted by Gasteiger charge is 2.45. The Balaban J connectivity index is 1.87. The van der Waals surface area contributed by atoms with Crippen LogP contribution >= 0.6 is 24.0 Å². The monoisotopic (exact) mass is 463 g/mol. The van der Waals surface area contributed by atoms with Crippen molar-refractivity contribution in [2.45, 2.75) is 18.3 Å². The summed E-state index contributed by atoms with van der Waals surface area (Å²) in [7, 11) is 6.50. The normalized spacial score (nSPS) is 18.5. The smallest absolute Gasteiger partial charge is 0.203 e. The summed E-state index contributed by atoms with van der Waals surface area (Å²) in [4.78, 5) is 2.82. The molecular weight excluding hydrogens is 434 g/mol. The maximum atomic E-state index is 6.23. The summed E-state index contributed by atoms with van der Waals surface area (Å²) in [5.41, 5.74) is 1.05. The van der Waals surface area contributed by atoms with Crippen LogP contribution in [-0.2, 0) is 6.54 Å². The lowest BCUT2D eigenvalue weighted by atomic mass is 10.1. The zero-order valence-corrected chi connectivity index (χ0v) is 20.2.